The number of anilines is 1. The van der Waals surface area contributed by atoms with E-state index in [1.165, 1.54) is 22.2 Å². The molecule has 5 rings (SSSR count). The number of amides is 1. The highest BCUT2D eigenvalue weighted by Crippen LogP contribution is 2.38. The van der Waals surface area contributed by atoms with Crippen molar-refractivity contribution in [2.75, 3.05) is 18.1 Å². The molecule has 1 amide bonds. The molecule has 2 atom stereocenters. The van der Waals surface area contributed by atoms with Crippen LogP contribution in [0.25, 0.3) is 11.1 Å². The highest BCUT2D eigenvalue weighted by atomic mass is 19.4. The van der Waals surface area contributed by atoms with Crippen molar-refractivity contribution in [3.05, 3.63) is 59.7 Å². The van der Waals surface area contributed by atoms with Gasteiger partial charge in [-0.1, -0.05) is 6.92 Å². The van der Waals surface area contributed by atoms with E-state index in [1.807, 2.05) is 6.92 Å². The summed E-state index contributed by atoms with van der Waals surface area (Å²) in [6.07, 6.45) is -1.20. The van der Waals surface area contributed by atoms with Crippen LogP contribution in [0.4, 0.5) is 37.1 Å². The zero-order valence-corrected chi connectivity index (χ0v) is 26.3. The summed E-state index contributed by atoms with van der Waals surface area (Å²) in [4.78, 5) is 36.5. The summed E-state index contributed by atoms with van der Waals surface area (Å²) in [5.41, 5.74) is -1.80. The molecule has 0 radical (unpaired) electrons. The molecule has 2 aliphatic rings. The SMILES string of the molecule is CC[C@@H]1CC(N(Cc2cc(C(F)(F)F)cc(C(F)(F)F)c2)c2ncc(-c3cnn(C)c3)cn2)CN1C(=O)OC[C@H]1CC[C@H](C(=O)O)CC1. The maximum absolute atomic E-state index is 13.7. The highest BCUT2D eigenvalue weighted by Gasteiger charge is 2.41. The van der Waals surface area contributed by atoms with Crippen LogP contribution in [0.2, 0.25) is 0 Å². The second kappa shape index (κ2) is 14.0. The first-order valence-electron chi connectivity index (χ1n) is 15.6. The van der Waals surface area contributed by atoms with Crippen LogP contribution in [0.1, 0.15) is 62.1 Å². The third-order valence-corrected chi connectivity index (χ3v) is 9.11. The molecule has 2 aromatic heterocycles. The average Bonchev–Trinajstić information content (AvgIpc) is 3.68. The first-order valence-corrected chi connectivity index (χ1v) is 15.6. The number of nitrogens with zero attached hydrogens (tertiary/aromatic N) is 6. The summed E-state index contributed by atoms with van der Waals surface area (Å²) >= 11 is 0. The van der Waals surface area contributed by atoms with Crippen LogP contribution < -0.4 is 4.90 Å². The molecule has 48 heavy (non-hydrogen) atoms. The summed E-state index contributed by atoms with van der Waals surface area (Å²) < 4.78 is 89.5. The van der Waals surface area contributed by atoms with Crippen molar-refractivity contribution in [3.63, 3.8) is 0 Å². The molecule has 1 aliphatic carbocycles. The number of alkyl halides is 6. The first-order chi connectivity index (χ1) is 22.6. The van der Waals surface area contributed by atoms with Gasteiger partial charge in [0.1, 0.15) is 0 Å². The number of carboxylic acid groups (broad SMARTS) is 1. The molecule has 1 saturated heterocycles. The Kier molecular flexibility index (Phi) is 10.2. The van der Waals surface area contributed by atoms with E-state index in [4.69, 9.17) is 4.74 Å². The minimum atomic E-state index is -5.02. The molecule has 260 valence electrons. The van der Waals surface area contributed by atoms with Gasteiger partial charge < -0.3 is 19.6 Å². The standard InChI is InChI=1S/C32H36F6N6O4/c1-3-26-11-27(17-44(26)30(47)48-18-19-4-6-21(7-5-19)28(45)46)43(29-39-12-22(13-40-29)23-14-41-42(2)16-23)15-20-8-24(31(33,34)35)10-25(9-20)32(36,37)38/h8-10,12-14,16,19,21,26-27H,3-7,11,15,17-18H2,1-2H3,(H,45,46)/t19-,21-,26-,27?/m1/s1. The van der Waals surface area contributed by atoms with Gasteiger partial charge in [-0.15, -0.1) is 0 Å². The Hall–Kier alpha value is -4.37. The van der Waals surface area contributed by atoms with Gasteiger partial charge in [0.15, 0.2) is 0 Å². The molecule has 1 aliphatic heterocycles. The van der Waals surface area contributed by atoms with E-state index in [9.17, 15) is 41.0 Å². The third-order valence-electron chi connectivity index (χ3n) is 9.11. The maximum atomic E-state index is 13.7. The quantitative estimate of drug-likeness (QED) is 0.245. The lowest BCUT2D eigenvalue weighted by Gasteiger charge is -2.30. The Morgan fingerprint density at radius 2 is 1.58 bits per heavy atom. The number of likely N-dealkylation sites (tertiary alicyclic amines) is 1. The zero-order chi connectivity index (χ0) is 34.8. The van der Waals surface area contributed by atoms with E-state index in [-0.39, 0.29) is 42.7 Å². The van der Waals surface area contributed by atoms with Crippen LogP contribution in [0.3, 0.4) is 0 Å². The van der Waals surface area contributed by atoms with E-state index in [0.29, 0.717) is 61.8 Å². The molecule has 1 aromatic carbocycles. The Labute approximate surface area is 272 Å². The van der Waals surface area contributed by atoms with Crippen molar-refractivity contribution >= 4 is 18.0 Å². The minimum Gasteiger partial charge on any atom is -0.481 e. The number of hydrogen-bond donors (Lipinski definition) is 1. The number of carbonyl (C=O) groups is 2. The second-order valence-electron chi connectivity index (χ2n) is 12.5. The fourth-order valence-electron chi connectivity index (χ4n) is 6.44. The fraction of sp³-hybridized carbons (Fsp3) is 0.531. The molecule has 10 nitrogen and oxygen atoms in total. The number of benzene rings is 1. The normalized spacial score (nSPS) is 21.7. The average molecular weight is 683 g/mol. The Morgan fingerprint density at radius 1 is 0.958 bits per heavy atom. The number of ether oxygens (including phenoxy) is 1. The largest absolute Gasteiger partial charge is 0.481 e. The Morgan fingerprint density at radius 3 is 2.10 bits per heavy atom. The summed E-state index contributed by atoms with van der Waals surface area (Å²) in [6.45, 7) is 1.67. The van der Waals surface area contributed by atoms with Crippen LogP contribution in [-0.4, -0.2) is 67.1 Å². The van der Waals surface area contributed by atoms with Crippen molar-refractivity contribution < 1.29 is 45.8 Å². The van der Waals surface area contributed by atoms with Crippen molar-refractivity contribution in [3.8, 4) is 11.1 Å². The lowest BCUT2D eigenvalue weighted by atomic mass is 9.82. The number of carboxylic acids is 1. The number of aliphatic carboxylic acids is 1. The van der Waals surface area contributed by atoms with Gasteiger partial charge in [0, 0.05) is 55.9 Å². The minimum absolute atomic E-state index is 0.0231. The summed E-state index contributed by atoms with van der Waals surface area (Å²) in [5, 5.41) is 13.4. The maximum Gasteiger partial charge on any atom is 0.416 e. The van der Waals surface area contributed by atoms with Crippen molar-refractivity contribution in [1.29, 1.82) is 0 Å². The van der Waals surface area contributed by atoms with Crippen molar-refractivity contribution in [2.45, 2.75) is 76.4 Å². The molecule has 3 heterocycles. The number of aryl methyl sites for hydroxylation is 1. The number of rotatable bonds is 9. The Bertz CT molecular complexity index is 1550. The van der Waals surface area contributed by atoms with Gasteiger partial charge in [-0.25, -0.2) is 14.8 Å². The lowest BCUT2D eigenvalue weighted by molar-refractivity contribution is -0.144. The van der Waals surface area contributed by atoms with E-state index in [2.05, 4.69) is 15.1 Å². The number of carbonyl (C=O) groups excluding carboxylic acids is 1. The number of aromatic nitrogens is 4. The van der Waals surface area contributed by atoms with E-state index < -0.39 is 54.0 Å². The van der Waals surface area contributed by atoms with Gasteiger partial charge in [-0.2, -0.15) is 31.4 Å². The molecular weight excluding hydrogens is 646 g/mol. The van der Waals surface area contributed by atoms with Gasteiger partial charge in [-0.05, 0) is 68.2 Å². The topological polar surface area (TPSA) is 114 Å². The van der Waals surface area contributed by atoms with Gasteiger partial charge >= 0.3 is 24.4 Å². The number of halogens is 6. The molecule has 3 aromatic rings. The molecule has 2 fully saturated rings. The third kappa shape index (κ3) is 8.19. The summed E-state index contributed by atoms with van der Waals surface area (Å²) in [6, 6.07) is 0.561. The molecule has 0 spiro atoms. The smallest absolute Gasteiger partial charge is 0.416 e. The van der Waals surface area contributed by atoms with E-state index in [0.717, 1.165) is 0 Å². The molecule has 16 heteroatoms. The number of hydrogen-bond acceptors (Lipinski definition) is 7. The molecule has 1 N–H and O–H groups in total. The van der Waals surface area contributed by atoms with Crippen molar-refractivity contribution in [1.82, 2.24) is 24.6 Å². The van der Waals surface area contributed by atoms with E-state index in [1.54, 1.807) is 24.1 Å². The zero-order valence-electron chi connectivity index (χ0n) is 26.3. The van der Waals surface area contributed by atoms with Gasteiger partial charge in [0.2, 0.25) is 5.95 Å². The van der Waals surface area contributed by atoms with Crippen LogP contribution in [-0.2, 0) is 35.5 Å². The fourth-order valence-corrected chi connectivity index (χ4v) is 6.44. The van der Waals surface area contributed by atoms with E-state index >= 15 is 0 Å². The van der Waals surface area contributed by atoms with Gasteiger partial charge in [0.25, 0.3) is 0 Å². The molecule has 1 saturated carbocycles. The predicted octanol–water partition coefficient (Wildman–Crippen LogP) is 6.80. The molecule has 1 unspecified atom stereocenters. The summed E-state index contributed by atoms with van der Waals surface area (Å²) in [7, 11) is 1.73. The highest BCUT2D eigenvalue weighted by molar-refractivity contribution is 5.70. The summed E-state index contributed by atoms with van der Waals surface area (Å²) in [5.74, 6) is -1.15. The Balaban J connectivity index is 1.40. The molecule has 0 bridgehead atoms. The molecular formula is C32H36F6N6O4. The lowest BCUT2D eigenvalue weighted by Crippen LogP contribution is -2.41. The van der Waals surface area contributed by atoms with Crippen LogP contribution in [0.5, 0.6) is 0 Å². The monoisotopic (exact) mass is 682 g/mol. The van der Waals surface area contributed by atoms with Crippen molar-refractivity contribution in [2.24, 2.45) is 18.9 Å². The van der Waals surface area contributed by atoms with Gasteiger partial charge in [0.05, 0.1) is 35.9 Å². The van der Waals surface area contributed by atoms with Gasteiger partial charge in [-0.3, -0.25) is 9.48 Å². The van der Waals surface area contributed by atoms with Crippen LogP contribution >= 0.6 is 0 Å². The first kappa shape index (κ1) is 35.0. The van der Waals surface area contributed by atoms with Crippen LogP contribution in [0, 0.1) is 11.8 Å². The second-order valence-corrected chi connectivity index (χ2v) is 12.5. The van der Waals surface area contributed by atoms with Crippen LogP contribution in [0.15, 0.2) is 43.0 Å². The predicted molar refractivity (Wildman–Crippen MR) is 160 cm³/mol.